The van der Waals surface area contributed by atoms with E-state index in [0.29, 0.717) is 17.2 Å². The van der Waals surface area contributed by atoms with Crippen molar-refractivity contribution in [1.82, 2.24) is 0 Å². The molecule has 0 amide bonds. The molecule has 0 fully saturated rings. The molecule has 5 heteroatoms. The summed E-state index contributed by atoms with van der Waals surface area (Å²) < 4.78 is 11.0. The van der Waals surface area contributed by atoms with Gasteiger partial charge in [-0.25, -0.2) is 0 Å². The lowest BCUT2D eigenvalue weighted by molar-refractivity contribution is -0.385. The van der Waals surface area contributed by atoms with Gasteiger partial charge in [0.25, 0.3) is 0 Å². The van der Waals surface area contributed by atoms with E-state index in [2.05, 4.69) is 0 Å². The summed E-state index contributed by atoms with van der Waals surface area (Å²) in [5.74, 6) is 1.55. The minimum Gasteiger partial charge on any atom is -0.449 e. The number of hydrogen-bond donors (Lipinski definition) is 0. The van der Waals surface area contributed by atoms with E-state index in [1.54, 1.807) is 30.3 Å². The zero-order valence-corrected chi connectivity index (χ0v) is 8.62. The molecule has 84 valence electrons. The maximum absolute atomic E-state index is 10.9. The monoisotopic (exact) mass is 229 g/mol. The maximum atomic E-state index is 10.9. The summed E-state index contributed by atoms with van der Waals surface area (Å²) in [5, 5.41) is 10.9. The van der Waals surface area contributed by atoms with E-state index in [9.17, 15) is 10.1 Å². The van der Waals surface area contributed by atoms with Crippen LogP contribution in [0.5, 0.6) is 23.0 Å². The Hall–Kier alpha value is -2.56. The average molecular weight is 229 g/mol. The lowest BCUT2D eigenvalue weighted by atomic mass is 10.2. The third kappa shape index (κ3) is 1.48. The Kier molecular flexibility index (Phi) is 1.98. The highest BCUT2D eigenvalue weighted by Gasteiger charge is 2.26. The molecule has 1 heterocycles. The molecule has 0 radical (unpaired) electrons. The third-order valence-corrected chi connectivity index (χ3v) is 2.44. The van der Waals surface area contributed by atoms with Gasteiger partial charge in [-0.3, -0.25) is 10.1 Å². The summed E-state index contributed by atoms with van der Waals surface area (Å²) in [6, 6.07) is 11.6. The second-order valence-corrected chi connectivity index (χ2v) is 3.51. The number of nitro groups is 1. The highest BCUT2D eigenvalue weighted by Crippen LogP contribution is 2.48. The molecule has 0 bridgehead atoms. The van der Waals surface area contributed by atoms with Crippen molar-refractivity contribution in [1.29, 1.82) is 0 Å². The Morgan fingerprint density at radius 1 is 0.882 bits per heavy atom. The Balaban J connectivity index is 2.15. The van der Waals surface area contributed by atoms with Crippen molar-refractivity contribution < 1.29 is 14.4 Å². The number of ether oxygens (including phenoxy) is 2. The van der Waals surface area contributed by atoms with Crippen LogP contribution >= 0.6 is 0 Å². The van der Waals surface area contributed by atoms with E-state index in [4.69, 9.17) is 9.47 Å². The van der Waals surface area contributed by atoms with Gasteiger partial charge in [0.05, 0.1) is 4.92 Å². The molecule has 1 aliphatic rings. The topological polar surface area (TPSA) is 61.6 Å². The van der Waals surface area contributed by atoms with Gasteiger partial charge in [0.2, 0.25) is 5.75 Å². The summed E-state index contributed by atoms with van der Waals surface area (Å²) >= 11 is 0. The minimum atomic E-state index is -0.490. The molecule has 2 aromatic rings. The number of hydrogen-bond acceptors (Lipinski definition) is 4. The molecule has 0 aliphatic carbocycles. The van der Waals surface area contributed by atoms with Crippen LogP contribution in [0.25, 0.3) is 0 Å². The van der Waals surface area contributed by atoms with Gasteiger partial charge in [-0.1, -0.05) is 18.2 Å². The van der Waals surface area contributed by atoms with Gasteiger partial charge < -0.3 is 9.47 Å². The first-order valence-electron chi connectivity index (χ1n) is 4.98. The van der Waals surface area contributed by atoms with Crippen molar-refractivity contribution in [3.8, 4) is 23.0 Å². The molecule has 2 aromatic carbocycles. The lowest BCUT2D eigenvalue weighted by Gasteiger charge is -2.19. The fourth-order valence-corrected chi connectivity index (χ4v) is 1.68. The van der Waals surface area contributed by atoms with Crippen LogP contribution < -0.4 is 9.47 Å². The van der Waals surface area contributed by atoms with E-state index in [-0.39, 0.29) is 11.4 Å². The fraction of sp³-hybridized carbons (Fsp3) is 0. The summed E-state index contributed by atoms with van der Waals surface area (Å²) in [6.45, 7) is 0. The predicted octanol–water partition coefficient (Wildman–Crippen LogP) is 3.49. The van der Waals surface area contributed by atoms with Crippen LogP contribution in [0.2, 0.25) is 0 Å². The lowest BCUT2D eigenvalue weighted by Crippen LogP contribution is -2.01. The minimum absolute atomic E-state index is 0.1000. The van der Waals surface area contributed by atoms with Crippen LogP contribution in [0.4, 0.5) is 5.69 Å². The number of para-hydroxylation sites is 3. The molecule has 0 saturated heterocycles. The van der Waals surface area contributed by atoms with Crippen molar-refractivity contribution in [2.75, 3.05) is 0 Å². The molecule has 0 atom stereocenters. The van der Waals surface area contributed by atoms with Crippen LogP contribution in [0.1, 0.15) is 0 Å². The van der Waals surface area contributed by atoms with Crippen LogP contribution in [0.15, 0.2) is 42.5 Å². The van der Waals surface area contributed by atoms with Crippen molar-refractivity contribution >= 4 is 5.69 Å². The molecule has 0 aromatic heterocycles. The number of nitrogens with zero attached hydrogens (tertiary/aromatic N) is 1. The SMILES string of the molecule is O=[N+]([O-])c1cccc2c1Oc1ccccc1O2. The van der Waals surface area contributed by atoms with Crippen molar-refractivity contribution in [2.45, 2.75) is 0 Å². The third-order valence-electron chi connectivity index (χ3n) is 2.44. The summed E-state index contributed by atoms with van der Waals surface area (Å²) in [4.78, 5) is 10.4. The Labute approximate surface area is 96.4 Å². The first-order valence-corrected chi connectivity index (χ1v) is 4.98. The van der Waals surface area contributed by atoms with E-state index in [0.717, 1.165) is 0 Å². The quantitative estimate of drug-likeness (QED) is 0.473. The van der Waals surface area contributed by atoms with Gasteiger partial charge in [-0.2, -0.15) is 0 Å². The van der Waals surface area contributed by atoms with Crippen molar-refractivity contribution in [2.24, 2.45) is 0 Å². The van der Waals surface area contributed by atoms with E-state index < -0.39 is 4.92 Å². The molecule has 1 aliphatic heterocycles. The number of fused-ring (bicyclic) bond motifs is 2. The standard InChI is InChI=1S/C12H7NO4/c14-13(15)8-4-3-7-11-12(8)17-10-6-2-1-5-9(10)16-11/h1-7H. The van der Waals surface area contributed by atoms with Crippen molar-refractivity contribution in [3.63, 3.8) is 0 Å². The smallest absolute Gasteiger partial charge is 0.315 e. The molecule has 3 rings (SSSR count). The zero-order valence-electron chi connectivity index (χ0n) is 8.62. The molecule has 0 spiro atoms. The largest absolute Gasteiger partial charge is 0.449 e. The van der Waals surface area contributed by atoms with Gasteiger partial charge in [-0.05, 0) is 18.2 Å². The van der Waals surface area contributed by atoms with Crippen LogP contribution in [-0.4, -0.2) is 4.92 Å². The molecule has 0 N–H and O–H groups in total. The highest BCUT2D eigenvalue weighted by atomic mass is 16.6. The molecule has 17 heavy (non-hydrogen) atoms. The van der Waals surface area contributed by atoms with Gasteiger partial charge in [-0.15, -0.1) is 0 Å². The molecule has 5 nitrogen and oxygen atoms in total. The zero-order chi connectivity index (χ0) is 11.8. The van der Waals surface area contributed by atoms with Crippen LogP contribution in [0, 0.1) is 10.1 Å². The molecule has 0 unspecified atom stereocenters. The predicted molar refractivity (Wildman–Crippen MR) is 59.7 cm³/mol. The van der Waals surface area contributed by atoms with Crippen molar-refractivity contribution in [3.05, 3.63) is 52.6 Å². The summed E-state index contributed by atoms with van der Waals surface area (Å²) in [5.41, 5.74) is -0.1000. The first-order chi connectivity index (χ1) is 8.25. The first kappa shape index (κ1) is 9.65. The number of benzene rings is 2. The number of nitro benzene ring substituents is 1. The van der Waals surface area contributed by atoms with Gasteiger partial charge in [0, 0.05) is 6.07 Å². The maximum Gasteiger partial charge on any atom is 0.315 e. The molecular weight excluding hydrogens is 222 g/mol. The number of rotatable bonds is 1. The Bertz CT molecular complexity index is 609. The average Bonchev–Trinajstić information content (AvgIpc) is 2.35. The van der Waals surface area contributed by atoms with Gasteiger partial charge in [0.1, 0.15) is 0 Å². The fourth-order valence-electron chi connectivity index (χ4n) is 1.68. The second-order valence-electron chi connectivity index (χ2n) is 3.51. The second kappa shape index (κ2) is 3.48. The van der Waals surface area contributed by atoms with E-state index >= 15 is 0 Å². The molecular formula is C12H7NO4. The van der Waals surface area contributed by atoms with E-state index in [1.807, 2.05) is 6.07 Å². The summed E-state index contributed by atoms with van der Waals surface area (Å²) in [7, 11) is 0. The molecule has 0 saturated carbocycles. The highest BCUT2D eigenvalue weighted by molar-refractivity contribution is 5.62. The van der Waals surface area contributed by atoms with Crippen LogP contribution in [0.3, 0.4) is 0 Å². The van der Waals surface area contributed by atoms with Gasteiger partial charge >= 0.3 is 5.69 Å². The van der Waals surface area contributed by atoms with Gasteiger partial charge in [0.15, 0.2) is 17.2 Å². The Morgan fingerprint density at radius 2 is 1.53 bits per heavy atom. The summed E-state index contributed by atoms with van der Waals surface area (Å²) in [6.07, 6.45) is 0. The normalized spacial score (nSPS) is 11.8. The Morgan fingerprint density at radius 3 is 2.24 bits per heavy atom. The van der Waals surface area contributed by atoms with Crippen LogP contribution in [-0.2, 0) is 0 Å². The van der Waals surface area contributed by atoms with E-state index in [1.165, 1.54) is 6.07 Å².